The highest BCUT2D eigenvalue weighted by atomic mass is 32.1. The van der Waals surface area contributed by atoms with Gasteiger partial charge in [0.25, 0.3) is 0 Å². The molecule has 0 amide bonds. The molecule has 3 aromatic rings. The first-order chi connectivity index (χ1) is 9.52. The predicted octanol–water partition coefficient (Wildman–Crippen LogP) is 4.82. The minimum absolute atomic E-state index is 0.0952. The molecular weight excluding hydrogens is 275 g/mol. The van der Waals surface area contributed by atoms with Gasteiger partial charge < -0.3 is 9.73 Å². The van der Waals surface area contributed by atoms with E-state index >= 15 is 0 Å². The van der Waals surface area contributed by atoms with E-state index in [1.807, 2.05) is 19.9 Å². The molecule has 3 rings (SSSR count). The van der Waals surface area contributed by atoms with Crippen molar-refractivity contribution in [2.24, 2.45) is 0 Å². The van der Waals surface area contributed by atoms with Gasteiger partial charge in [0, 0.05) is 5.56 Å². The molecule has 1 aromatic carbocycles. The van der Waals surface area contributed by atoms with E-state index in [0.29, 0.717) is 0 Å². The van der Waals surface area contributed by atoms with Crippen LogP contribution in [0.5, 0.6) is 0 Å². The minimum Gasteiger partial charge on any atom is -0.466 e. The molecule has 0 fully saturated rings. The Balaban J connectivity index is 1.87. The van der Waals surface area contributed by atoms with Gasteiger partial charge in [0.15, 0.2) is 5.13 Å². The molecule has 0 saturated heterocycles. The Morgan fingerprint density at radius 1 is 1.30 bits per heavy atom. The molecule has 1 N–H and O–H groups in total. The van der Waals surface area contributed by atoms with Crippen molar-refractivity contribution in [2.45, 2.75) is 26.8 Å². The van der Waals surface area contributed by atoms with Gasteiger partial charge in [-0.3, -0.25) is 0 Å². The largest absolute Gasteiger partial charge is 0.466 e. The maximum absolute atomic E-state index is 13.2. The molecule has 0 aliphatic heterocycles. The van der Waals surface area contributed by atoms with Crippen LogP contribution in [0, 0.1) is 19.7 Å². The number of benzene rings is 1. The van der Waals surface area contributed by atoms with Crippen LogP contribution in [0.1, 0.15) is 30.0 Å². The second kappa shape index (κ2) is 4.90. The van der Waals surface area contributed by atoms with Gasteiger partial charge in [0.1, 0.15) is 17.3 Å². The van der Waals surface area contributed by atoms with Crippen LogP contribution >= 0.6 is 11.3 Å². The van der Waals surface area contributed by atoms with Crippen molar-refractivity contribution in [3.63, 3.8) is 0 Å². The Hall–Kier alpha value is -1.88. The molecule has 104 valence electrons. The molecule has 0 aliphatic rings. The number of halogens is 1. The zero-order chi connectivity index (χ0) is 14.3. The van der Waals surface area contributed by atoms with Crippen molar-refractivity contribution >= 4 is 26.7 Å². The summed E-state index contributed by atoms with van der Waals surface area (Å²) < 4.78 is 19.6. The Morgan fingerprint density at radius 3 is 2.80 bits per heavy atom. The zero-order valence-electron chi connectivity index (χ0n) is 11.5. The van der Waals surface area contributed by atoms with Crippen molar-refractivity contribution in [1.82, 2.24) is 4.98 Å². The third kappa shape index (κ3) is 2.41. The Bertz CT molecular complexity index is 762. The van der Waals surface area contributed by atoms with E-state index in [0.717, 1.165) is 32.4 Å². The molecule has 2 heterocycles. The summed E-state index contributed by atoms with van der Waals surface area (Å²) in [6, 6.07) is 6.76. The first-order valence-corrected chi connectivity index (χ1v) is 7.24. The van der Waals surface area contributed by atoms with E-state index < -0.39 is 0 Å². The second-order valence-electron chi connectivity index (χ2n) is 4.87. The predicted molar refractivity (Wildman–Crippen MR) is 79.8 cm³/mol. The lowest BCUT2D eigenvalue weighted by molar-refractivity contribution is 0.500. The fourth-order valence-corrected chi connectivity index (χ4v) is 3.28. The summed E-state index contributed by atoms with van der Waals surface area (Å²) in [6.45, 7) is 5.95. The summed E-state index contributed by atoms with van der Waals surface area (Å²) in [5, 5.41) is 4.13. The number of fused-ring (bicyclic) bond motifs is 1. The van der Waals surface area contributed by atoms with Gasteiger partial charge >= 0.3 is 0 Å². The van der Waals surface area contributed by atoms with Gasteiger partial charge in [-0.2, -0.15) is 0 Å². The number of hydrogen-bond acceptors (Lipinski definition) is 4. The van der Waals surface area contributed by atoms with E-state index in [1.54, 1.807) is 6.07 Å². The fraction of sp³-hybridized carbons (Fsp3) is 0.267. The van der Waals surface area contributed by atoms with Crippen molar-refractivity contribution in [1.29, 1.82) is 0 Å². The lowest BCUT2D eigenvalue weighted by Gasteiger charge is -2.11. The van der Waals surface area contributed by atoms with Crippen molar-refractivity contribution in [3.05, 3.63) is 47.2 Å². The van der Waals surface area contributed by atoms with E-state index in [9.17, 15) is 4.39 Å². The number of anilines is 1. The van der Waals surface area contributed by atoms with E-state index in [2.05, 4.69) is 17.2 Å². The molecule has 2 aromatic heterocycles. The normalized spacial score (nSPS) is 12.8. The highest BCUT2D eigenvalue weighted by Crippen LogP contribution is 2.30. The third-order valence-electron chi connectivity index (χ3n) is 3.24. The molecule has 0 aliphatic carbocycles. The molecule has 1 atom stereocenters. The molecule has 0 saturated carbocycles. The van der Waals surface area contributed by atoms with Gasteiger partial charge in [0.05, 0.1) is 16.3 Å². The molecule has 3 nitrogen and oxygen atoms in total. The van der Waals surface area contributed by atoms with Crippen LogP contribution < -0.4 is 5.32 Å². The Labute approximate surface area is 120 Å². The van der Waals surface area contributed by atoms with E-state index in [4.69, 9.17) is 4.42 Å². The Kier molecular flexibility index (Phi) is 3.22. The van der Waals surface area contributed by atoms with Crippen molar-refractivity contribution in [2.75, 3.05) is 5.32 Å². The maximum Gasteiger partial charge on any atom is 0.184 e. The average Bonchev–Trinajstić information content (AvgIpc) is 2.91. The molecular formula is C15H15FN2OS. The average molecular weight is 290 g/mol. The molecule has 5 heteroatoms. The molecule has 0 bridgehead atoms. The quantitative estimate of drug-likeness (QED) is 0.751. The molecule has 0 radical (unpaired) electrons. The Morgan fingerprint density at radius 2 is 2.10 bits per heavy atom. The standard InChI is InChI=1S/C15H15FN2OS/c1-8-6-12(10(3)19-8)9(2)17-15-18-13-5-4-11(16)7-14(13)20-15/h4-7,9H,1-3H3,(H,17,18). The van der Waals surface area contributed by atoms with Crippen molar-refractivity contribution < 1.29 is 8.81 Å². The number of aromatic nitrogens is 1. The van der Waals surface area contributed by atoms with Crippen LogP contribution in [0.4, 0.5) is 9.52 Å². The van der Waals surface area contributed by atoms with E-state index in [-0.39, 0.29) is 11.9 Å². The van der Waals surface area contributed by atoms with Gasteiger partial charge in [-0.1, -0.05) is 11.3 Å². The zero-order valence-corrected chi connectivity index (χ0v) is 12.3. The topological polar surface area (TPSA) is 38.1 Å². The van der Waals surface area contributed by atoms with Crippen LogP contribution in [0.15, 0.2) is 28.7 Å². The number of hydrogen-bond donors (Lipinski definition) is 1. The van der Waals surface area contributed by atoms with Gasteiger partial charge in [-0.05, 0) is 45.0 Å². The highest BCUT2D eigenvalue weighted by molar-refractivity contribution is 7.22. The summed E-state index contributed by atoms with van der Waals surface area (Å²) in [5.41, 5.74) is 1.93. The second-order valence-corrected chi connectivity index (χ2v) is 5.90. The first-order valence-electron chi connectivity index (χ1n) is 6.42. The molecule has 20 heavy (non-hydrogen) atoms. The monoisotopic (exact) mass is 290 g/mol. The maximum atomic E-state index is 13.2. The molecule has 0 spiro atoms. The number of nitrogens with one attached hydrogen (secondary N) is 1. The summed E-state index contributed by atoms with van der Waals surface area (Å²) in [5.74, 6) is 1.58. The van der Waals surface area contributed by atoms with Gasteiger partial charge in [-0.15, -0.1) is 0 Å². The van der Waals surface area contributed by atoms with Crippen LogP contribution in [-0.4, -0.2) is 4.98 Å². The van der Waals surface area contributed by atoms with Gasteiger partial charge in [-0.25, -0.2) is 9.37 Å². The number of rotatable bonds is 3. The lowest BCUT2D eigenvalue weighted by atomic mass is 10.1. The van der Waals surface area contributed by atoms with Gasteiger partial charge in [0.2, 0.25) is 0 Å². The molecule has 1 unspecified atom stereocenters. The summed E-state index contributed by atoms with van der Waals surface area (Å²) in [6.07, 6.45) is 0. The summed E-state index contributed by atoms with van der Waals surface area (Å²) in [7, 11) is 0. The van der Waals surface area contributed by atoms with Crippen LogP contribution in [0.3, 0.4) is 0 Å². The minimum atomic E-state index is -0.234. The SMILES string of the molecule is Cc1cc(C(C)Nc2nc3ccc(F)cc3s2)c(C)o1. The van der Waals surface area contributed by atoms with Crippen LogP contribution in [0.2, 0.25) is 0 Å². The fourth-order valence-electron chi connectivity index (χ4n) is 2.30. The van der Waals surface area contributed by atoms with Crippen molar-refractivity contribution in [3.8, 4) is 0 Å². The van der Waals surface area contributed by atoms with Crippen LogP contribution in [-0.2, 0) is 0 Å². The van der Waals surface area contributed by atoms with Crippen LogP contribution in [0.25, 0.3) is 10.2 Å². The smallest absolute Gasteiger partial charge is 0.184 e. The number of furan rings is 1. The first kappa shape index (κ1) is 13.1. The summed E-state index contributed by atoms with van der Waals surface area (Å²) >= 11 is 1.45. The lowest BCUT2D eigenvalue weighted by Crippen LogP contribution is -2.06. The highest BCUT2D eigenvalue weighted by Gasteiger charge is 2.14. The third-order valence-corrected chi connectivity index (χ3v) is 4.19. The number of thiazole rings is 1. The number of nitrogens with zero attached hydrogens (tertiary/aromatic N) is 1. The van der Waals surface area contributed by atoms with E-state index in [1.165, 1.54) is 23.5 Å². The number of aryl methyl sites for hydroxylation is 2. The summed E-state index contributed by atoms with van der Waals surface area (Å²) in [4.78, 5) is 4.47.